The lowest BCUT2D eigenvalue weighted by atomic mass is 9.68. The summed E-state index contributed by atoms with van der Waals surface area (Å²) < 4.78 is 5.67. The van der Waals surface area contributed by atoms with Gasteiger partial charge in [-0.05, 0) is 60.9 Å². The summed E-state index contributed by atoms with van der Waals surface area (Å²) in [6.07, 6.45) is 3.77. The van der Waals surface area contributed by atoms with E-state index in [0.717, 1.165) is 24.3 Å². The van der Waals surface area contributed by atoms with E-state index in [-0.39, 0.29) is 18.0 Å². The number of carboxylic acids is 1. The second-order valence-corrected chi connectivity index (χ2v) is 10.6. The van der Waals surface area contributed by atoms with Crippen molar-refractivity contribution in [2.24, 2.45) is 5.92 Å². The van der Waals surface area contributed by atoms with Crippen LogP contribution in [0.3, 0.4) is 0 Å². The molecule has 2 N–H and O–H groups in total. The van der Waals surface area contributed by atoms with Gasteiger partial charge < -0.3 is 15.2 Å². The number of fused-ring (bicyclic) bond motifs is 3. The summed E-state index contributed by atoms with van der Waals surface area (Å²) in [4.78, 5) is 15.8. The number of hydrogen-bond acceptors (Lipinski definition) is 5. The van der Waals surface area contributed by atoms with Crippen LogP contribution in [0.15, 0.2) is 83.8 Å². The van der Waals surface area contributed by atoms with Gasteiger partial charge in [-0.15, -0.1) is 11.8 Å². The van der Waals surface area contributed by atoms with Gasteiger partial charge in [0, 0.05) is 35.0 Å². The average molecular weight is 503 g/mol. The molecule has 0 aromatic heterocycles. The molecular weight excluding hydrogens is 468 g/mol. The van der Waals surface area contributed by atoms with Crippen LogP contribution in [0.5, 0.6) is 5.75 Å². The molecule has 3 aromatic rings. The van der Waals surface area contributed by atoms with E-state index in [1.54, 1.807) is 18.9 Å². The van der Waals surface area contributed by atoms with E-state index in [1.807, 2.05) is 18.2 Å². The summed E-state index contributed by atoms with van der Waals surface area (Å²) >= 11 is 1.72. The van der Waals surface area contributed by atoms with Gasteiger partial charge >= 0.3 is 5.97 Å². The Kier molecular flexibility index (Phi) is 7.65. The Morgan fingerprint density at radius 2 is 1.75 bits per heavy atom. The first kappa shape index (κ1) is 24.9. The van der Waals surface area contributed by atoms with Gasteiger partial charge in [-0.1, -0.05) is 60.7 Å². The van der Waals surface area contributed by atoms with Crippen LogP contribution in [-0.2, 0) is 11.3 Å². The van der Waals surface area contributed by atoms with Crippen molar-refractivity contribution >= 4 is 17.7 Å². The van der Waals surface area contributed by atoms with Crippen LogP contribution < -0.4 is 10.1 Å². The van der Waals surface area contributed by atoms with Crippen molar-refractivity contribution in [3.05, 3.63) is 95.6 Å². The van der Waals surface area contributed by atoms with E-state index in [0.29, 0.717) is 18.9 Å². The number of methoxy groups -OCH3 is 1. The number of benzene rings is 3. The van der Waals surface area contributed by atoms with E-state index < -0.39 is 12.0 Å². The zero-order valence-electron chi connectivity index (χ0n) is 20.8. The van der Waals surface area contributed by atoms with Crippen LogP contribution in [0.1, 0.15) is 35.4 Å². The van der Waals surface area contributed by atoms with Gasteiger partial charge in [0.1, 0.15) is 11.8 Å². The number of piperidine rings is 3. The molecule has 3 heterocycles. The second kappa shape index (κ2) is 11.1. The fraction of sp³-hybridized carbons (Fsp3) is 0.367. The number of ether oxygens (including phenoxy) is 1. The minimum absolute atomic E-state index is 0.0260. The first-order chi connectivity index (χ1) is 17.6. The van der Waals surface area contributed by atoms with E-state index >= 15 is 0 Å². The highest BCUT2D eigenvalue weighted by atomic mass is 32.2. The molecule has 3 saturated heterocycles. The van der Waals surface area contributed by atoms with E-state index in [9.17, 15) is 9.90 Å². The van der Waals surface area contributed by atoms with Gasteiger partial charge in [0.05, 0.1) is 7.11 Å². The molecule has 6 rings (SSSR count). The lowest BCUT2D eigenvalue weighted by Gasteiger charge is -2.56. The maximum atomic E-state index is 12.3. The highest BCUT2D eigenvalue weighted by Gasteiger charge is 2.52. The minimum Gasteiger partial charge on any atom is -0.496 e. The van der Waals surface area contributed by atoms with Crippen molar-refractivity contribution in [3.8, 4) is 5.75 Å². The van der Waals surface area contributed by atoms with Gasteiger partial charge in [0.25, 0.3) is 0 Å². The summed E-state index contributed by atoms with van der Waals surface area (Å²) in [6, 6.07) is 27.2. The molecule has 0 aliphatic carbocycles. The van der Waals surface area contributed by atoms with Crippen molar-refractivity contribution in [1.82, 2.24) is 10.2 Å². The third-order valence-electron chi connectivity index (χ3n) is 7.90. The Labute approximate surface area is 217 Å². The zero-order chi connectivity index (χ0) is 25.1. The summed E-state index contributed by atoms with van der Waals surface area (Å²) in [5.41, 5.74) is 3.57. The first-order valence-corrected chi connectivity index (χ1v) is 13.9. The molecule has 0 spiro atoms. The summed E-state index contributed by atoms with van der Waals surface area (Å²) in [6.45, 7) is 1.49. The third-order valence-corrected chi connectivity index (χ3v) is 8.63. The van der Waals surface area contributed by atoms with Crippen LogP contribution in [0.25, 0.3) is 0 Å². The highest BCUT2D eigenvalue weighted by molar-refractivity contribution is 7.98. The number of hydrogen-bond donors (Lipinski definition) is 2. The lowest BCUT2D eigenvalue weighted by molar-refractivity contribution is -0.152. The fourth-order valence-electron chi connectivity index (χ4n) is 6.26. The number of carbonyl (C=O) groups is 1. The largest absolute Gasteiger partial charge is 0.496 e. The van der Waals surface area contributed by atoms with Crippen molar-refractivity contribution in [2.75, 3.05) is 19.9 Å². The quantitative estimate of drug-likeness (QED) is 0.390. The molecule has 0 saturated carbocycles. The molecule has 0 radical (unpaired) electrons. The molecule has 0 amide bonds. The molecule has 3 aliphatic heterocycles. The SMILES string of the molecule is COc1ccc(SC)cc1CN[C@@H]1[C@@H]2CCN([C@@H](C(=O)O)C2)[C@@H]1C(c1ccccc1)c1ccccc1. The number of carboxylic acid groups (broad SMARTS) is 1. The van der Waals surface area contributed by atoms with Gasteiger partial charge in [0.2, 0.25) is 0 Å². The Hall–Kier alpha value is -2.80. The Bertz CT molecular complexity index is 1130. The van der Waals surface area contributed by atoms with Crippen molar-refractivity contribution < 1.29 is 14.6 Å². The highest BCUT2D eigenvalue weighted by Crippen LogP contribution is 2.44. The molecule has 1 unspecified atom stereocenters. The van der Waals surface area contributed by atoms with Gasteiger partial charge in [-0.3, -0.25) is 9.69 Å². The predicted molar refractivity (Wildman–Crippen MR) is 145 cm³/mol. The predicted octanol–water partition coefficient (Wildman–Crippen LogP) is 5.25. The molecule has 36 heavy (non-hydrogen) atoms. The second-order valence-electron chi connectivity index (χ2n) is 9.75. The Morgan fingerprint density at radius 1 is 1.08 bits per heavy atom. The van der Waals surface area contributed by atoms with Crippen LogP contribution in [0, 0.1) is 5.92 Å². The standard InChI is InChI=1S/C30H34N2O3S/c1-35-26-14-13-24(36-2)17-23(26)19-31-28-22-15-16-32(25(18-22)30(33)34)29(28)27(20-9-5-3-6-10-20)21-11-7-4-8-12-21/h3-14,17,22,25,27-29,31H,15-16,18-19H2,1-2H3,(H,33,34)/t22-,25-,28-,29-/m1/s1. The van der Waals surface area contributed by atoms with E-state index in [2.05, 4.69) is 77.1 Å². The molecule has 3 fully saturated rings. The number of nitrogens with zero attached hydrogens (tertiary/aromatic N) is 1. The molecule has 188 valence electrons. The minimum atomic E-state index is -0.711. The van der Waals surface area contributed by atoms with Crippen LogP contribution in [-0.4, -0.2) is 54.0 Å². The van der Waals surface area contributed by atoms with Crippen molar-refractivity contribution in [3.63, 3.8) is 0 Å². The Morgan fingerprint density at radius 3 is 2.33 bits per heavy atom. The van der Waals surface area contributed by atoms with E-state index in [4.69, 9.17) is 4.74 Å². The normalized spacial score (nSPS) is 25.1. The number of thioether (sulfide) groups is 1. The van der Waals surface area contributed by atoms with Gasteiger partial charge in [-0.25, -0.2) is 0 Å². The van der Waals surface area contributed by atoms with Gasteiger partial charge in [-0.2, -0.15) is 0 Å². The van der Waals surface area contributed by atoms with Crippen LogP contribution >= 0.6 is 11.8 Å². The number of aliphatic carboxylic acids is 1. The average Bonchev–Trinajstić information content (AvgIpc) is 2.93. The molecule has 3 aliphatic rings. The first-order valence-electron chi connectivity index (χ1n) is 12.6. The number of rotatable bonds is 9. The van der Waals surface area contributed by atoms with Gasteiger partial charge in [0.15, 0.2) is 0 Å². The zero-order valence-corrected chi connectivity index (χ0v) is 21.7. The molecule has 5 atom stereocenters. The molecule has 2 bridgehead atoms. The molecule has 6 heteroatoms. The maximum absolute atomic E-state index is 12.3. The Balaban J connectivity index is 1.54. The molecule has 5 nitrogen and oxygen atoms in total. The van der Waals surface area contributed by atoms with E-state index in [1.165, 1.54) is 16.0 Å². The van der Waals surface area contributed by atoms with Crippen molar-refractivity contribution in [1.29, 1.82) is 0 Å². The smallest absolute Gasteiger partial charge is 0.320 e. The summed E-state index contributed by atoms with van der Waals surface area (Å²) in [5, 5.41) is 14.0. The van der Waals surface area contributed by atoms with Crippen LogP contribution in [0.4, 0.5) is 0 Å². The lowest BCUT2D eigenvalue weighted by Crippen LogP contribution is -2.69. The third kappa shape index (κ3) is 4.90. The number of nitrogens with one attached hydrogen (secondary N) is 1. The monoisotopic (exact) mass is 502 g/mol. The topological polar surface area (TPSA) is 61.8 Å². The van der Waals surface area contributed by atoms with Crippen LogP contribution in [0.2, 0.25) is 0 Å². The van der Waals surface area contributed by atoms with Crippen molar-refractivity contribution in [2.45, 2.75) is 48.3 Å². The fourth-order valence-corrected chi connectivity index (χ4v) is 6.73. The molecular formula is C30H34N2O3S. The summed E-state index contributed by atoms with van der Waals surface area (Å²) in [7, 11) is 1.72. The maximum Gasteiger partial charge on any atom is 0.320 e. The summed E-state index contributed by atoms with van der Waals surface area (Å²) in [5.74, 6) is 0.529. The molecule has 3 aromatic carbocycles.